The first-order chi connectivity index (χ1) is 10.1. The number of nitrogen functional groups attached to an aromatic ring is 1. The van der Waals surface area contributed by atoms with Gasteiger partial charge in [-0.3, -0.25) is 4.79 Å². The largest absolute Gasteiger partial charge is 0.382 e. The summed E-state index contributed by atoms with van der Waals surface area (Å²) >= 11 is 3.50. The second-order valence-corrected chi connectivity index (χ2v) is 5.29. The van der Waals surface area contributed by atoms with Crippen molar-refractivity contribution >= 4 is 44.1 Å². The normalized spacial score (nSPS) is 10.5. The lowest BCUT2D eigenvalue weighted by atomic mass is 10.1. The van der Waals surface area contributed by atoms with Crippen molar-refractivity contribution < 1.29 is 4.79 Å². The van der Waals surface area contributed by atoms with Crippen LogP contribution in [0.2, 0.25) is 0 Å². The summed E-state index contributed by atoms with van der Waals surface area (Å²) in [5, 5.41) is 12.3. The highest BCUT2D eigenvalue weighted by atomic mass is 79.9. The Hall–Kier alpha value is -2.47. The Morgan fingerprint density at radius 1 is 1.00 bits per heavy atom. The van der Waals surface area contributed by atoms with Crippen molar-refractivity contribution in [1.82, 2.24) is 10.2 Å². The molecule has 3 N–H and O–H groups in total. The van der Waals surface area contributed by atoms with Crippen LogP contribution in [0.4, 0.5) is 11.5 Å². The predicted molar refractivity (Wildman–Crippen MR) is 86.0 cm³/mol. The molecule has 0 bridgehead atoms. The zero-order chi connectivity index (χ0) is 14.8. The van der Waals surface area contributed by atoms with E-state index in [-0.39, 0.29) is 17.4 Å². The molecule has 0 unspecified atom stereocenters. The van der Waals surface area contributed by atoms with Crippen molar-refractivity contribution in [3.05, 3.63) is 58.7 Å². The third kappa shape index (κ3) is 2.71. The Balaban J connectivity index is 1.97. The predicted octanol–water partition coefficient (Wildman–Crippen LogP) is 3.23. The van der Waals surface area contributed by atoms with E-state index in [9.17, 15) is 4.79 Å². The fraction of sp³-hybridized carbons (Fsp3) is 0. The topological polar surface area (TPSA) is 80.9 Å². The summed E-state index contributed by atoms with van der Waals surface area (Å²) in [6, 6.07) is 14.6. The average Bonchev–Trinajstić information content (AvgIpc) is 2.51. The van der Waals surface area contributed by atoms with E-state index < -0.39 is 0 Å². The van der Waals surface area contributed by atoms with Gasteiger partial charge in [0.25, 0.3) is 5.91 Å². The zero-order valence-corrected chi connectivity index (χ0v) is 12.5. The Kier molecular flexibility index (Phi) is 3.53. The van der Waals surface area contributed by atoms with Gasteiger partial charge in [0.1, 0.15) is 5.82 Å². The van der Waals surface area contributed by atoms with Crippen LogP contribution in [-0.4, -0.2) is 16.1 Å². The summed E-state index contributed by atoms with van der Waals surface area (Å²) in [5.41, 5.74) is 6.40. The number of aromatic nitrogens is 2. The Bertz CT molecular complexity index is 818. The lowest BCUT2D eigenvalue weighted by molar-refractivity contribution is 0.102. The van der Waals surface area contributed by atoms with Gasteiger partial charge in [0.2, 0.25) is 0 Å². The molecule has 0 spiro atoms. The van der Waals surface area contributed by atoms with Crippen LogP contribution in [0.1, 0.15) is 10.5 Å². The van der Waals surface area contributed by atoms with Crippen molar-refractivity contribution in [3.63, 3.8) is 0 Å². The summed E-state index contributed by atoms with van der Waals surface area (Å²) in [4.78, 5) is 12.2. The number of carbonyl (C=O) groups excluding carboxylic acids is 1. The SMILES string of the molecule is Nc1ccc(C(=O)Nc2ccc(Br)c3ccccc23)nn1. The number of nitrogens with two attached hydrogens (primary N) is 1. The number of benzene rings is 2. The first-order valence-corrected chi connectivity index (χ1v) is 7.02. The molecule has 21 heavy (non-hydrogen) atoms. The van der Waals surface area contributed by atoms with Gasteiger partial charge in [-0.15, -0.1) is 10.2 Å². The molecule has 0 atom stereocenters. The van der Waals surface area contributed by atoms with Gasteiger partial charge in [0, 0.05) is 15.5 Å². The molecule has 3 rings (SSSR count). The molecule has 3 aromatic rings. The van der Waals surface area contributed by atoms with Crippen LogP contribution in [0.15, 0.2) is 53.0 Å². The molecule has 1 heterocycles. The number of nitrogens with zero attached hydrogens (tertiary/aromatic N) is 2. The van der Waals surface area contributed by atoms with Crippen LogP contribution in [0, 0.1) is 0 Å². The van der Waals surface area contributed by atoms with E-state index in [1.54, 1.807) is 12.1 Å². The molecule has 0 saturated carbocycles. The molecular formula is C15H11BrN4O. The highest BCUT2D eigenvalue weighted by Crippen LogP contribution is 2.30. The Morgan fingerprint density at radius 3 is 2.48 bits per heavy atom. The molecule has 0 aliphatic rings. The van der Waals surface area contributed by atoms with Crippen molar-refractivity contribution in [3.8, 4) is 0 Å². The molecule has 6 heteroatoms. The number of fused-ring (bicyclic) bond motifs is 1. The van der Waals surface area contributed by atoms with Crippen LogP contribution in [-0.2, 0) is 0 Å². The summed E-state index contributed by atoms with van der Waals surface area (Å²) in [5.74, 6) is -0.0457. The lowest BCUT2D eigenvalue weighted by Gasteiger charge is -2.09. The average molecular weight is 343 g/mol. The molecule has 0 radical (unpaired) electrons. The number of hydrogen-bond acceptors (Lipinski definition) is 4. The minimum Gasteiger partial charge on any atom is -0.382 e. The number of anilines is 2. The molecule has 0 saturated heterocycles. The van der Waals surface area contributed by atoms with Crippen LogP contribution in [0.5, 0.6) is 0 Å². The number of nitrogens with one attached hydrogen (secondary N) is 1. The van der Waals surface area contributed by atoms with Gasteiger partial charge >= 0.3 is 0 Å². The van der Waals surface area contributed by atoms with Crippen molar-refractivity contribution in [2.24, 2.45) is 0 Å². The van der Waals surface area contributed by atoms with E-state index in [0.717, 1.165) is 20.9 Å². The summed E-state index contributed by atoms with van der Waals surface area (Å²) < 4.78 is 0.975. The lowest BCUT2D eigenvalue weighted by Crippen LogP contribution is -2.14. The van der Waals surface area contributed by atoms with E-state index in [2.05, 4.69) is 31.4 Å². The zero-order valence-electron chi connectivity index (χ0n) is 10.9. The van der Waals surface area contributed by atoms with Gasteiger partial charge in [-0.2, -0.15) is 0 Å². The van der Waals surface area contributed by atoms with Crippen LogP contribution >= 0.6 is 15.9 Å². The van der Waals surface area contributed by atoms with E-state index in [0.29, 0.717) is 0 Å². The van der Waals surface area contributed by atoms with Gasteiger partial charge in [0.15, 0.2) is 5.69 Å². The van der Waals surface area contributed by atoms with E-state index in [1.165, 1.54) is 0 Å². The summed E-state index contributed by atoms with van der Waals surface area (Å²) in [6.45, 7) is 0. The van der Waals surface area contributed by atoms with E-state index in [4.69, 9.17) is 5.73 Å². The molecule has 0 aliphatic heterocycles. The Morgan fingerprint density at radius 2 is 1.76 bits per heavy atom. The van der Waals surface area contributed by atoms with Gasteiger partial charge in [-0.1, -0.05) is 40.2 Å². The molecular weight excluding hydrogens is 332 g/mol. The fourth-order valence-electron chi connectivity index (χ4n) is 2.02. The van der Waals surface area contributed by atoms with Crippen LogP contribution in [0.3, 0.4) is 0 Å². The number of halogens is 1. The first-order valence-electron chi connectivity index (χ1n) is 6.23. The number of carbonyl (C=O) groups is 1. The third-order valence-corrected chi connectivity index (χ3v) is 3.73. The quantitative estimate of drug-likeness (QED) is 0.749. The molecule has 0 aliphatic carbocycles. The fourth-order valence-corrected chi connectivity index (χ4v) is 2.50. The maximum atomic E-state index is 12.2. The van der Waals surface area contributed by atoms with Crippen molar-refractivity contribution in [2.45, 2.75) is 0 Å². The van der Waals surface area contributed by atoms with Crippen molar-refractivity contribution in [1.29, 1.82) is 0 Å². The molecule has 2 aromatic carbocycles. The maximum absolute atomic E-state index is 12.2. The molecule has 1 aromatic heterocycles. The second kappa shape index (κ2) is 5.49. The van der Waals surface area contributed by atoms with Gasteiger partial charge < -0.3 is 11.1 Å². The molecule has 104 valence electrons. The van der Waals surface area contributed by atoms with Crippen molar-refractivity contribution in [2.75, 3.05) is 11.1 Å². The van der Waals surface area contributed by atoms with Crippen LogP contribution < -0.4 is 11.1 Å². The maximum Gasteiger partial charge on any atom is 0.276 e. The minimum atomic E-state index is -0.324. The monoisotopic (exact) mass is 342 g/mol. The van der Waals surface area contributed by atoms with Gasteiger partial charge in [0.05, 0.1) is 0 Å². The number of rotatable bonds is 2. The highest BCUT2D eigenvalue weighted by Gasteiger charge is 2.11. The van der Waals surface area contributed by atoms with E-state index >= 15 is 0 Å². The van der Waals surface area contributed by atoms with E-state index in [1.807, 2.05) is 36.4 Å². The summed E-state index contributed by atoms with van der Waals surface area (Å²) in [7, 11) is 0. The minimum absolute atomic E-state index is 0.219. The third-order valence-electron chi connectivity index (χ3n) is 3.04. The molecule has 0 fully saturated rings. The number of hydrogen-bond donors (Lipinski definition) is 2. The first kappa shape index (κ1) is 13.5. The molecule has 1 amide bonds. The summed E-state index contributed by atoms with van der Waals surface area (Å²) in [6.07, 6.45) is 0. The Labute approximate surface area is 129 Å². The second-order valence-electron chi connectivity index (χ2n) is 4.44. The smallest absolute Gasteiger partial charge is 0.276 e. The van der Waals surface area contributed by atoms with Gasteiger partial charge in [-0.25, -0.2) is 0 Å². The van der Waals surface area contributed by atoms with Crippen LogP contribution in [0.25, 0.3) is 10.8 Å². The standard InChI is InChI=1S/C15H11BrN4O/c16-11-5-6-12(10-4-2-1-3-9(10)11)18-15(21)13-7-8-14(17)20-19-13/h1-8H,(H2,17,20)(H,18,21). The van der Waals surface area contributed by atoms with Gasteiger partial charge in [-0.05, 0) is 29.7 Å². The molecule has 5 nitrogen and oxygen atoms in total. The number of amides is 1. The highest BCUT2D eigenvalue weighted by molar-refractivity contribution is 9.10.